The van der Waals surface area contributed by atoms with Gasteiger partial charge in [0.1, 0.15) is 23.5 Å². The zero-order valence-corrected chi connectivity index (χ0v) is 26.1. The van der Waals surface area contributed by atoms with Crippen LogP contribution in [0.4, 0.5) is 23.8 Å². The van der Waals surface area contributed by atoms with Gasteiger partial charge in [0.05, 0.1) is 19.2 Å². The van der Waals surface area contributed by atoms with Crippen LogP contribution in [0.1, 0.15) is 49.2 Å². The smallest absolute Gasteiger partial charge is 0.416 e. The number of nitrogens with one attached hydrogen (secondary N) is 4. The van der Waals surface area contributed by atoms with Crippen LogP contribution in [0, 0.1) is 0 Å². The summed E-state index contributed by atoms with van der Waals surface area (Å²) in [5.41, 5.74) is -0.664. The molecular formula is C31H36F3N5O7. The van der Waals surface area contributed by atoms with Crippen LogP contribution in [-0.2, 0) is 36.5 Å². The highest BCUT2D eigenvalue weighted by Crippen LogP contribution is 2.32. The van der Waals surface area contributed by atoms with E-state index in [9.17, 15) is 37.1 Å². The van der Waals surface area contributed by atoms with Crippen molar-refractivity contribution >= 4 is 46.5 Å². The van der Waals surface area contributed by atoms with E-state index in [1.165, 1.54) is 18.9 Å². The van der Waals surface area contributed by atoms with E-state index in [1.54, 1.807) is 45.0 Å². The first kappa shape index (κ1) is 35.4. The summed E-state index contributed by atoms with van der Waals surface area (Å²) >= 11 is 0. The molecule has 0 bridgehead atoms. The van der Waals surface area contributed by atoms with Crippen LogP contribution in [0.2, 0.25) is 0 Å². The van der Waals surface area contributed by atoms with Crippen LogP contribution in [0.25, 0.3) is 10.9 Å². The minimum Gasteiger partial charge on any atom is -0.467 e. The van der Waals surface area contributed by atoms with Crippen LogP contribution in [0.3, 0.4) is 0 Å². The largest absolute Gasteiger partial charge is 0.467 e. The van der Waals surface area contributed by atoms with E-state index < -0.39 is 65.8 Å². The summed E-state index contributed by atoms with van der Waals surface area (Å²) in [6.07, 6.45) is -5.54. The molecule has 0 saturated heterocycles. The van der Waals surface area contributed by atoms with E-state index in [1.807, 2.05) is 0 Å². The maximum atomic E-state index is 13.3. The number of ether oxygens (including phenoxy) is 2. The van der Waals surface area contributed by atoms with Gasteiger partial charge in [-0.15, -0.1) is 0 Å². The average Bonchev–Trinajstić information content (AvgIpc) is 3.35. The topological polar surface area (TPSA) is 159 Å². The Morgan fingerprint density at radius 3 is 2.17 bits per heavy atom. The van der Waals surface area contributed by atoms with Crippen LogP contribution < -0.4 is 20.9 Å². The lowest BCUT2D eigenvalue weighted by Gasteiger charge is -2.22. The van der Waals surface area contributed by atoms with Crippen molar-refractivity contribution in [1.29, 1.82) is 0 Å². The number of benzene rings is 2. The zero-order chi connectivity index (χ0) is 34.4. The second-order valence-electron chi connectivity index (χ2n) is 11.4. The van der Waals surface area contributed by atoms with Gasteiger partial charge in [-0.05, 0) is 58.0 Å². The van der Waals surface area contributed by atoms with E-state index in [2.05, 4.69) is 20.9 Å². The van der Waals surface area contributed by atoms with Crippen molar-refractivity contribution in [2.45, 2.75) is 58.0 Å². The Morgan fingerprint density at radius 1 is 0.957 bits per heavy atom. The number of hydrogen-bond donors (Lipinski definition) is 4. The standard InChI is InChI=1S/C31H36F3N5O7/c1-17(36-29(44)46-30(2,3)4)26(41)35-16-24(40)37-23(28(43)45-6)15-21-20-9-7-8-10-22(20)38-25(21)39(5)27(42)18-11-13-19(14-12-18)31(32,33)34/h7-14,17,23,38H,15-16H2,1-6H3,(H,35,41)(H,36,44)(H,37,40)/t17-,23-/m0/s1. The van der Waals surface area contributed by atoms with Gasteiger partial charge in [0.25, 0.3) is 5.91 Å². The highest BCUT2D eigenvalue weighted by molar-refractivity contribution is 6.07. The number of methoxy groups -OCH3 is 1. The number of nitrogens with zero attached hydrogens (tertiary/aromatic N) is 1. The molecule has 4 N–H and O–H groups in total. The van der Waals surface area contributed by atoms with Crippen LogP contribution in [-0.4, -0.2) is 73.2 Å². The molecule has 3 aromatic rings. The van der Waals surface area contributed by atoms with Gasteiger partial charge in [-0.25, -0.2) is 9.59 Å². The number of aromatic amines is 1. The lowest BCUT2D eigenvalue weighted by Crippen LogP contribution is -2.51. The fraction of sp³-hybridized carbons (Fsp3) is 0.387. The molecule has 3 rings (SSSR count). The second kappa shape index (κ2) is 14.3. The minimum atomic E-state index is -4.57. The van der Waals surface area contributed by atoms with Crippen molar-refractivity contribution in [3.05, 3.63) is 65.2 Å². The quantitative estimate of drug-likeness (QED) is 0.244. The summed E-state index contributed by atoms with van der Waals surface area (Å²) in [6.45, 7) is 5.84. The molecule has 0 aliphatic carbocycles. The first-order valence-electron chi connectivity index (χ1n) is 14.1. The van der Waals surface area contributed by atoms with Gasteiger partial charge in [-0.1, -0.05) is 18.2 Å². The fourth-order valence-electron chi connectivity index (χ4n) is 4.43. The van der Waals surface area contributed by atoms with Crippen molar-refractivity contribution in [2.75, 3.05) is 25.6 Å². The number of amides is 4. The first-order valence-corrected chi connectivity index (χ1v) is 14.1. The Bertz CT molecular complexity index is 1600. The lowest BCUT2D eigenvalue weighted by atomic mass is 10.0. The first-order chi connectivity index (χ1) is 21.4. The highest BCUT2D eigenvalue weighted by Gasteiger charge is 2.31. The highest BCUT2D eigenvalue weighted by atomic mass is 19.4. The summed E-state index contributed by atoms with van der Waals surface area (Å²) in [6, 6.07) is 8.39. The van der Waals surface area contributed by atoms with Crippen molar-refractivity contribution in [1.82, 2.24) is 20.9 Å². The number of H-pyrrole nitrogens is 1. The molecule has 0 radical (unpaired) electrons. The van der Waals surface area contributed by atoms with Gasteiger partial charge in [0, 0.05) is 35.5 Å². The Kier molecular flexibility index (Phi) is 11.0. The van der Waals surface area contributed by atoms with E-state index in [0.717, 1.165) is 31.4 Å². The molecule has 4 amide bonds. The molecule has 1 heterocycles. The number of halogens is 3. The number of carbonyl (C=O) groups is 5. The number of rotatable bonds is 10. The third kappa shape index (κ3) is 9.22. The number of alkyl halides is 3. The fourth-order valence-corrected chi connectivity index (χ4v) is 4.43. The number of fused-ring (bicyclic) bond motifs is 1. The third-order valence-electron chi connectivity index (χ3n) is 6.67. The molecule has 0 saturated carbocycles. The summed E-state index contributed by atoms with van der Waals surface area (Å²) in [7, 11) is 2.55. The number of para-hydroxylation sites is 1. The van der Waals surface area contributed by atoms with Crippen LogP contribution in [0.5, 0.6) is 0 Å². The molecule has 2 atom stereocenters. The monoisotopic (exact) mass is 647 g/mol. The van der Waals surface area contributed by atoms with E-state index in [-0.39, 0.29) is 17.8 Å². The summed E-state index contributed by atoms with van der Waals surface area (Å²) in [5.74, 6) is -2.63. The molecular weight excluding hydrogens is 611 g/mol. The third-order valence-corrected chi connectivity index (χ3v) is 6.67. The van der Waals surface area contributed by atoms with Gasteiger partial charge in [-0.2, -0.15) is 13.2 Å². The molecule has 0 unspecified atom stereocenters. The van der Waals surface area contributed by atoms with Crippen molar-refractivity contribution in [3.63, 3.8) is 0 Å². The van der Waals surface area contributed by atoms with Gasteiger partial charge >= 0.3 is 18.2 Å². The Labute approximate surface area is 263 Å². The Hall–Kier alpha value is -5.08. The second-order valence-corrected chi connectivity index (χ2v) is 11.4. The average molecular weight is 648 g/mol. The number of anilines is 1. The molecule has 12 nitrogen and oxygen atoms in total. The predicted octanol–water partition coefficient (Wildman–Crippen LogP) is 3.69. The number of aromatic nitrogens is 1. The Balaban J connectivity index is 1.78. The van der Waals surface area contributed by atoms with Gasteiger partial charge in [0.2, 0.25) is 11.8 Å². The van der Waals surface area contributed by atoms with E-state index in [4.69, 9.17) is 9.47 Å². The molecule has 15 heteroatoms. The van der Waals surface area contributed by atoms with Crippen LogP contribution in [0.15, 0.2) is 48.5 Å². The molecule has 248 valence electrons. The molecule has 2 aromatic carbocycles. The van der Waals surface area contributed by atoms with E-state index in [0.29, 0.717) is 16.5 Å². The molecule has 0 aliphatic rings. The normalized spacial score (nSPS) is 12.9. The Morgan fingerprint density at radius 2 is 1.59 bits per heavy atom. The number of alkyl carbamates (subject to hydrolysis) is 1. The summed E-state index contributed by atoms with van der Waals surface area (Å²) in [4.78, 5) is 67.6. The summed E-state index contributed by atoms with van der Waals surface area (Å²) < 4.78 is 49.1. The van der Waals surface area contributed by atoms with Crippen molar-refractivity contribution < 1.29 is 46.6 Å². The van der Waals surface area contributed by atoms with Gasteiger partial charge in [0.15, 0.2) is 0 Å². The summed E-state index contributed by atoms with van der Waals surface area (Å²) in [5, 5.41) is 7.87. The maximum Gasteiger partial charge on any atom is 0.416 e. The number of esters is 1. The van der Waals surface area contributed by atoms with E-state index >= 15 is 0 Å². The number of carbonyl (C=O) groups excluding carboxylic acids is 5. The van der Waals surface area contributed by atoms with Gasteiger partial charge < -0.3 is 30.4 Å². The maximum absolute atomic E-state index is 13.3. The zero-order valence-electron chi connectivity index (χ0n) is 26.1. The van der Waals surface area contributed by atoms with Crippen molar-refractivity contribution in [3.8, 4) is 0 Å². The van der Waals surface area contributed by atoms with Crippen LogP contribution >= 0.6 is 0 Å². The molecule has 0 spiro atoms. The molecule has 46 heavy (non-hydrogen) atoms. The molecule has 0 aliphatic heterocycles. The molecule has 0 fully saturated rings. The SMILES string of the molecule is COC(=O)[C@H](Cc1c(N(C)C(=O)c2ccc(C(F)(F)F)cc2)[nH]c2ccccc12)NC(=O)CNC(=O)[C@H](C)NC(=O)OC(C)(C)C. The lowest BCUT2D eigenvalue weighted by molar-refractivity contribution is -0.145. The van der Waals surface area contributed by atoms with Gasteiger partial charge in [-0.3, -0.25) is 19.3 Å². The van der Waals surface area contributed by atoms with Crippen molar-refractivity contribution in [2.24, 2.45) is 0 Å². The minimum absolute atomic E-state index is 0.0101. The number of hydrogen-bond acceptors (Lipinski definition) is 7. The predicted molar refractivity (Wildman–Crippen MR) is 162 cm³/mol. The molecule has 1 aromatic heterocycles.